The zero-order valence-corrected chi connectivity index (χ0v) is 11.0. The highest BCUT2D eigenvalue weighted by Gasteiger charge is 2.58. The van der Waals surface area contributed by atoms with Gasteiger partial charge in [-0.25, -0.2) is 4.39 Å². The molecule has 1 N–H and O–H groups in total. The number of benzene rings is 1. The van der Waals surface area contributed by atoms with Gasteiger partial charge in [-0.2, -0.15) is 0 Å². The van der Waals surface area contributed by atoms with Gasteiger partial charge in [-0.05, 0) is 36.6 Å². The van der Waals surface area contributed by atoms with Crippen molar-refractivity contribution in [2.75, 3.05) is 44.3 Å². The van der Waals surface area contributed by atoms with Crippen LogP contribution in [-0.2, 0) is 10.2 Å². The fraction of sp³-hybridized carbons (Fsp3) is 0.600. The molecule has 2 saturated heterocycles. The highest BCUT2D eigenvalue weighted by molar-refractivity contribution is 5.52. The van der Waals surface area contributed by atoms with Gasteiger partial charge in [0.1, 0.15) is 5.82 Å². The van der Waals surface area contributed by atoms with E-state index < -0.39 is 0 Å². The number of ether oxygens (including phenoxy) is 1. The Hall–Kier alpha value is -1.13. The lowest BCUT2D eigenvalue weighted by Crippen LogP contribution is -2.36. The van der Waals surface area contributed by atoms with Crippen LogP contribution in [0.5, 0.6) is 0 Å². The number of anilines is 1. The van der Waals surface area contributed by atoms with Crippen LogP contribution < -0.4 is 10.2 Å². The monoisotopic (exact) mass is 262 g/mol. The van der Waals surface area contributed by atoms with Crippen LogP contribution >= 0.6 is 0 Å². The number of fused-ring (bicyclic) bond motifs is 1. The van der Waals surface area contributed by atoms with Crippen LogP contribution in [0.2, 0.25) is 0 Å². The fourth-order valence-corrected chi connectivity index (χ4v) is 3.67. The normalized spacial score (nSPS) is 33.3. The summed E-state index contributed by atoms with van der Waals surface area (Å²) in [6.07, 6.45) is 1.22. The molecule has 4 rings (SSSR count). The number of hydrogen-bond acceptors (Lipinski definition) is 3. The predicted molar refractivity (Wildman–Crippen MR) is 72.1 cm³/mol. The molecule has 0 amide bonds. The Balaban J connectivity index is 1.61. The second-order valence-electron chi connectivity index (χ2n) is 5.95. The lowest BCUT2D eigenvalue weighted by Gasteiger charge is -2.29. The molecule has 1 saturated carbocycles. The zero-order valence-electron chi connectivity index (χ0n) is 11.0. The van der Waals surface area contributed by atoms with Crippen LogP contribution in [0.3, 0.4) is 0 Å². The molecule has 0 spiro atoms. The van der Waals surface area contributed by atoms with Gasteiger partial charge in [0.2, 0.25) is 0 Å². The van der Waals surface area contributed by atoms with Gasteiger partial charge in [0, 0.05) is 25.0 Å². The van der Waals surface area contributed by atoms with Gasteiger partial charge in [0.25, 0.3) is 0 Å². The summed E-state index contributed by atoms with van der Waals surface area (Å²) in [4.78, 5) is 2.08. The van der Waals surface area contributed by atoms with Crippen LogP contribution in [0.15, 0.2) is 18.2 Å². The molecular formula is C15H19FN2O. The Morgan fingerprint density at radius 1 is 1.32 bits per heavy atom. The number of piperidine rings is 1. The van der Waals surface area contributed by atoms with E-state index in [2.05, 4.69) is 16.3 Å². The second-order valence-corrected chi connectivity index (χ2v) is 5.95. The van der Waals surface area contributed by atoms with Gasteiger partial charge in [-0.15, -0.1) is 0 Å². The third kappa shape index (κ3) is 1.77. The lowest BCUT2D eigenvalue weighted by atomic mass is 9.94. The van der Waals surface area contributed by atoms with Crippen LogP contribution in [0.4, 0.5) is 10.1 Å². The van der Waals surface area contributed by atoms with E-state index in [1.54, 1.807) is 6.07 Å². The molecule has 3 nitrogen and oxygen atoms in total. The van der Waals surface area contributed by atoms with E-state index in [9.17, 15) is 4.39 Å². The molecule has 2 heterocycles. The van der Waals surface area contributed by atoms with Gasteiger partial charge in [-0.3, -0.25) is 0 Å². The minimum absolute atomic E-state index is 0.0775. The third-order valence-electron chi connectivity index (χ3n) is 4.94. The van der Waals surface area contributed by atoms with E-state index >= 15 is 0 Å². The Morgan fingerprint density at radius 2 is 2.16 bits per heavy atom. The maximum absolute atomic E-state index is 14.4. The largest absolute Gasteiger partial charge is 0.378 e. The summed E-state index contributed by atoms with van der Waals surface area (Å²) in [7, 11) is 0. The summed E-state index contributed by atoms with van der Waals surface area (Å²) in [6, 6.07) is 5.84. The van der Waals surface area contributed by atoms with Crippen molar-refractivity contribution in [3.05, 3.63) is 29.6 Å². The van der Waals surface area contributed by atoms with Gasteiger partial charge in [0.15, 0.2) is 0 Å². The van der Waals surface area contributed by atoms with Crippen molar-refractivity contribution in [3.8, 4) is 0 Å². The molecule has 0 radical (unpaired) electrons. The lowest BCUT2D eigenvalue weighted by molar-refractivity contribution is 0.122. The molecule has 0 bridgehead atoms. The summed E-state index contributed by atoms with van der Waals surface area (Å²) in [5.74, 6) is 0.646. The molecule has 0 aromatic heterocycles. The number of hydrogen-bond donors (Lipinski definition) is 1. The first-order chi connectivity index (χ1) is 9.29. The summed E-state index contributed by atoms with van der Waals surface area (Å²) in [5.41, 5.74) is 2.15. The summed E-state index contributed by atoms with van der Waals surface area (Å²) in [6.45, 7) is 5.05. The van der Waals surface area contributed by atoms with Gasteiger partial charge >= 0.3 is 0 Å². The predicted octanol–water partition coefficient (Wildman–Crippen LogP) is 1.52. The number of nitrogens with zero attached hydrogens (tertiary/aromatic N) is 1. The Labute approximate surface area is 112 Å². The first-order valence-electron chi connectivity index (χ1n) is 7.13. The molecule has 4 heteroatoms. The summed E-state index contributed by atoms with van der Waals surface area (Å²) >= 11 is 0. The maximum Gasteiger partial charge on any atom is 0.146 e. The number of rotatable bonds is 2. The summed E-state index contributed by atoms with van der Waals surface area (Å²) in [5, 5.41) is 3.41. The average Bonchev–Trinajstić information content (AvgIpc) is 3.02. The van der Waals surface area contributed by atoms with Crippen LogP contribution in [0.1, 0.15) is 12.0 Å². The molecule has 102 valence electrons. The van der Waals surface area contributed by atoms with Gasteiger partial charge in [0.05, 0.1) is 18.9 Å². The minimum Gasteiger partial charge on any atom is -0.378 e. The number of morpholine rings is 1. The molecule has 2 aliphatic heterocycles. The van der Waals surface area contributed by atoms with E-state index in [0.29, 0.717) is 13.2 Å². The van der Waals surface area contributed by atoms with E-state index in [4.69, 9.17) is 4.74 Å². The van der Waals surface area contributed by atoms with Crippen molar-refractivity contribution in [1.29, 1.82) is 0 Å². The van der Waals surface area contributed by atoms with Crippen LogP contribution in [0.25, 0.3) is 0 Å². The first kappa shape index (κ1) is 11.7. The zero-order chi connectivity index (χ0) is 12.9. The van der Waals surface area contributed by atoms with Crippen molar-refractivity contribution in [3.63, 3.8) is 0 Å². The summed E-state index contributed by atoms with van der Waals surface area (Å²) < 4.78 is 19.7. The molecule has 3 fully saturated rings. The number of nitrogens with one attached hydrogen (secondary N) is 1. The van der Waals surface area contributed by atoms with E-state index in [1.165, 1.54) is 12.0 Å². The average molecular weight is 262 g/mol. The van der Waals surface area contributed by atoms with Crippen LogP contribution in [-0.4, -0.2) is 39.4 Å². The Bertz CT molecular complexity index is 501. The second kappa shape index (κ2) is 4.18. The van der Waals surface area contributed by atoms with E-state index in [0.717, 1.165) is 37.8 Å². The maximum atomic E-state index is 14.4. The molecule has 1 aromatic carbocycles. The van der Waals surface area contributed by atoms with Crippen molar-refractivity contribution in [2.45, 2.75) is 11.8 Å². The smallest absolute Gasteiger partial charge is 0.146 e. The molecule has 1 aromatic rings. The molecule has 19 heavy (non-hydrogen) atoms. The highest BCUT2D eigenvalue weighted by atomic mass is 19.1. The van der Waals surface area contributed by atoms with E-state index in [-0.39, 0.29) is 11.2 Å². The van der Waals surface area contributed by atoms with Gasteiger partial charge < -0.3 is 15.0 Å². The quantitative estimate of drug-likeness (QED) is 0.874. The fourth-order valence-electron chi connectivity index (χ4n) is 3.67. The molecule has 2 unspecified atom stereocenters. The van der Waals surface area contributed by atoms with E-state index in [1.807, 2.05) is 6.07 Å². The van der Waals surface area contributed by atoms with Crippen molar-refractivity contribution < 1.29 is 9.13 Å². The molecular weight excluding hydrogens is 243 g/mol. The minimum atomic E-state index is -0.0775. The van der Waals surface area contributed by atoms with Gasteiger partial charge in [-0.1, -0.05) is 6.07 Å². The van der Waals surface area contributed by atoms with Crippen LogP contribution in [0, 0.1) is 11.7 Å². The molecule has 3 aliphatic rings. The Morgan fingerprint density at radius 3 is 2.79 bits per heavy atom. The van der Waals surface area contributed by atoms with Crippen molar-refractivity contribution in [2.24, 2.45) is 5.92 Å². The first-order valence-corrected chi connectivity index (χ1v) is 7.13. The Kier molecular flexibility index (Phi) is 2.57. The standard InChI is InChI=1S/C15H19FN2O/c16-13-7-11(15-8-12(15)9-17-10-15)1-2-14(13)18-3-5-19-6-4-18/h1-2,7,12,17H,3-6,8-10H2. The highest BCUT2D eigenvalue weighted by Crippen LogP contribution is 2.56. The number of halogens is 1. The molecule has 1 aliphatic carbocycles. The SMILES string of the molecule is Fc1cc(C23CNCC2C3)ccc1N1CCOCC1. The topological polar surface area (TPSA) is 24.5 Å². The van der Waals surface area contributed by atoms with Crippen molar-refractivity contribution in [1.82, 2.24) is 5.32 Å². The van der Waals surface area contributed by atoms with Crippen molar-refractivity contribution >= 4 is 5.69 Å². The molecule has 2 atom stereocenters. The third-order valence-corrected chi connectivity index (χ3v) is 4.94.